The molecule has 0 aliphatic heterocycles. The van der Waals surface area contributed by atoms with E-state index in [2.05, 4.69) is 12.2 Å². The van der Waals surface area contributed by atoms with Crippen LogP contribution in [0.15, 0.2) is 0 Å². The minimum absolute atomic E-state index is 0.141. The molecule has 0 saturated heterocycles. The average Bonchev–Trinajstić information content (AvgIpc) is 1.98. The van der Waals surface area contributed by atoms with Crippen LogP contribution in [0.4, 0.5) is 8.78 Å². The zero-order chi connectivity index (χ0) is 10.3. The van der Waals surface area contributed by atoms with E-state index in [1.54, 1.807) is 11.9 Å². The molecule has 0 aliphatic carbocycles. The number of likely N-dealkylation sites (N-methyl/N-ethyl adjacent to an activating group) is 1. The fourth-order valence-corrected chi connectivity index (χ4v) is 1.23. The van der Waals surface area contributed by atoms with Crippen LogP contribution in [-0.2, 0) is 0 Å². The van der Waals surface area contributed by atoms with Crippen molar-refractivity contribution < 1.29 is 8.78 Å². The summed E-state index contributed by atoms with van der Waals surface area (Å²) in [7, 11) is 1.72. The Labute approximate surface area is 79.3 Å². The third kappa shape index (κ3) is 8.12. The molecule has 2 nitrogen and oxygen atoms in total. The minimum Gasteiger partial charge on any atom is -0.313 e. The lowest BCUT2D eigenvalue weighted by atomic mass is 10.3. The average molecular weight is 194 g/mol. The summed E-state index contributed by atoms with van der Waals surface area (Å²) in [4.78, 5) is 1.65. The molecule has 0 saturated carbocycles. The van der Waals surface area contributed by atoms with Crippen LogP contribution in [-0.4, -0.2) is 44.0 Å². The second-order valence-corrected chi connectivity index (χ2v) is 3.47. The highest BCUT2D eigenvalue weighted by Crippen LogP contribution is 1.96. The van der Waals surface area contributed by atoms with Crippen LogP contribution in [0.25, 0.3) is 0 Å². The van der Waals surface area contributed by atoms with Gasteiger partial charge in [0.25, 0.3) is 6.43 Å². The molecule has 1 unspecified atom stereocenters. The summed E-state index contributed by atoms with van der Waals surface area (Å²) in [6.45, 7) is 5.58. The number of alkyl halides is 2. The second kappa shape index (κ2) is 7.21. The lowest BCUT2D eigenvalue weighted by Gasteiger charge is -2.21. The van der Waals surface area contributed by atoms with Crippen molar-refractivity contribution in [2.24, 2.45) is 0 Å². The Morgan fingerprint density at radius 3 is 2.38 bits per heavy atom. The van der Waals surface area contributed by atoms with Crippen LogP contribution < -0.4 is 5.32 Å². The third-order valence-corrected chi connectivity index (χ3v) is 1.78. The molecule has 0 amide bonds. The first-order valence-electron chi connectivity index (χ1n) is 4.76. The van der Waals surface area contributed by atoms with E-state index in [0.717, 1.165) is 13.0 Å². The molecule has 0 radical (unpaired) electrons. The maximum absolute atomic E-state index is 11.9. The minimum atomic E-state index is -2.23. The number of hydrogen-bond acceptors (Lipinski definition) is 2. The summed E-state index contributed by atoms with van der Waals surface area (Å²) in [5.41, 5.74) is 0. The zero-order valence-electron chi connectivity index (χ0n) is 8.69. The topological polar surface area (TPSA) is 15.3 Å². The van der Waals surface area contributed by atoms with Gasteiger partial charge in [0, 0.05) is 12.6 Å². The van der Waals surface area contributed by atoms with Gasteiger partial charge in [-0.1, -0.05) is 6.92 Å². The molecule has 13 heavy (non-hydrogen) atoms. The van der Waals surface area contributed by atoms with E-state index in [9.17, 15) is 8.78 Å². The Kier molecular flexibility index (Phi) is 7.09. The van der Waals surface area contributed by atoms with Crippen LogP contribution in [0, 0.1) is 0 Å². The molecule has 0 rings (SSSR count). The molecule has 0 heterocycles. The molecule has 0 aromatic carbocycles. The van der Waals surface area contributed by atoms with Gasteiger partial charge in [0.15, 0.2) is 0 Å². The molecular weight excluding hydrogens is 174 g/mol. The summed E-state index contributed by atoms with van der Waals surface area (Å²) < 4.78 is 23.9. The van der Waals surface area contributed by atoms with E-state index < -0.39 is 6.43 Å². The van der Waals surface area contributed by atoms with Crippen molar-refractivity contribution in [2.45, 2.75) is 32.7 Å². The number of rotatable bonds is 7. The van der Waals surface area contributed by atoms with Crippen LogP contribution in [0.2, 0.25) is 0 Å². The lowest BCUT2D eigenvalue weighted by molar-refractivity contribution is 0.0968. The number of halogens is 2. The standard InChI is InChI=1S/C9H20F2N2/c1-4-5-12-8(2)6-13(3)7-9(10)11/h8-9,12H,4-7H2,1-3H3. The van der Waals surface area contributed by atoms with Gasteiger partial charge in [-0.3, -0.25) is 4.90 Å². The van der Waals surface area contributed by atoms with Gasteiger partial charge < -0.3 is 5.32 Å². The summed E-state index contributed by atoms with van der Waals surface area (Å²) in [6.07, 6.45) is -1.16. The van der Waals surface area contributed by atoms with E-state index in [-0.39, 0.29) is 12.6 Å². The highest BCUT2D eigenvalue weighted by Gasteiger charge is 2.10. The van der Waals surface area contributed by atoms with Crippen LogP contribution in [0.5, 0.6) is 0 Å². The molecule has 1 atom stereocenters. The van der Waals surface area contributed by atoms with Crippen molar-refractivity contribution in [3.8, 4) is 0 Å². The second-order valence-electron chi connectivity index (χ2n) is 3.47. The molecule has 0 aliphatic rings. The zero-order valence-corrected chi connectivity index (χ0v) is 8.69. The van der Waals surface area contributed by atoms with Crippen molar-refractivity contribution >= 4 is 0 Å². The van der Waals surface area contributed by atoms with Crippen LogP contribution in [0.1, 0.15) is 20.3 Å². The van der Waals surface area contributed by atoms with Crippen molar-refractivity contribution in [1.29, 1.82) is 0 Å². The third-order valence-electron chi connectivity index (χ3n) is 1.78. The molecule has 1 N–H and O–H groups in total. The molecule has 80 valence electrons. The molecule has 0 aromatic rings. The Bertz CT molecular complexity index is 120. The van der Waals surface area contributed by atoms with E-state index in [1.807, 2.05) is 6.92 Å². The van der Waals surface area contributed by atoms with Gasteiger partial charge in [0.2, 0.25) is 0 Å². The fourth-order valence-electron chi connectivity index (χ4n) is 1.23. The first-order chi connectivity index (χ1) is 6.06. The smallest absolute Gasteiger partial charge is 0.251 e. The van der Waals surface area contributed by atoms with Gasteiger partial charge in [0.1, 0.15) is 0 Å². The predicted molar refractivity (Wildman–Crippen MR) is 51.3 cm³/mol. The quantitative estimate of drug-likeness (QED) is 0.662. The lowest BCUT2D eigenvalue weighted by Crippen LogP contribution is -2.39. The number of nitrogens with one attached hydrogen (secondary N) is 1. The van der Waals surface area contributed by atoms with E-state index in [4.69, 9.17) is 0 Å². The molecule has 0 fully saturated rings. The van der Waals surface area contributed by atoms with Gasteiger partial charge >= 0.3 is 0 Å². The highest BCUT2D eigenvalue weighted by atomic mass is 19.3. The van der Waals surface area contributed by atoms with E-state index >= 15 is 0 Å². The summed E-state index contributed by atoms with van der Waals surface area (Å²) in [5, 5.41) is 3.25. The molecule has 0 aromatic heterocycles. The largest absolute Gasteiger partial charge is 0.313 e. The Hall–Kier alpha value is -0.220. The normalized spacial score (nSPS) is 14.1. The summed E-state index contributed by atoms with van der Waals surface area (Å²) in [5.74, 6) is 0. The Morgan fingerprint density at radius 1 is 1.31 bits per heavy atom. The monoisotopic (exact) mass is 194 g/mol. The molecule has 4 heteroatoms. The van der Waals surface area contributed by atoms with Crippen molar-refractivity contribution in [3.63, 3.8) is 0 Å². The molecular formula is C9H20F2N2. The predicted octanol–water partition coefficient (Wildman–Crippen LogP) is 1.57. The van der Waals surface area contributed by atoms with E-state index in [0.29, 0.717) is 6.54 Å². The van der Waals surface area contributed by atoms with Crippen molar-refractivity contribution in [1.82, 2.24) is 10.2 Å². The van der Waals surface area contributed by atoms with Crippen molar-refractivity contribution in [3.05, 3.63) is 0 Å². The molecule has 0 spiro atoms. The fraction of sp³-hybridized carbons (Fsp3) is 1.00. The maximum atomic E-state index is 11.9. The highest BCUT2D eigenvalue weighted by molar-refractivity contribution is 4.65. The number of hydrogen-bond donors (Lipinski definition) is 1. The van der Waals surface area contributed by atoms with Gasteiger partial charge in [-0.2, -0.15) is 0 Å². The van der Waals surface area contributed by atoms with Gasteiger partial charge in [0.05, 0.1) is 6.54 Å². The van der Waals surface area contributed by atoms with E-state index in [1.165, 1.54) is 0 Å². The Balaban J connectivity index is 3.46. The van der Waals surface area contributed by atoms with Gasteiger partial charge in [-0.15, -0.1) is 0 Å². The van der Waals surface area contributed by atoms with Gasteiger partial charge in [-0.25, -0.2) is 8.78 Å². The summed E-state index contributed by atoms with van der Waals surface area (Å²) >= 11 is 0. The van der Waals surface area contributed by atoms with Crippen LogP contribution >= 0.6 is 0 Å². The SMILES string of the molecule is CCCNC(C)CN(C)CC(F)F. The first-order valence-corrected chi connectivity index (χ1v) is 4.76. The maximum Gasteiger partial charge on any atom is 0.251 e. The number of nitrogens with zero attached hydrogens (tertiary/aromatic N) is 1. The van der Waals surface area contributed by atoms with Crippen molar-refractivity contribution in [2.75, 3.05) is 26.7 Å². The molecule has 0 bridgehead atoms. The Morgan fingerprint density at radius 2 is 1.92 bits per heavy atom. The van der Waals surface area contributed by atoms with Crippen LogP contribution in [0.3, 0.4) is 0 Å². The van der Waals surface area contributed by atoms with Gasteiger partial charge in [-0.05, 0) is 26.9 Å². The first kappa shape index (κ1) is 12.8. The summed E-state index contributed by atoms with van der Waals surface area (Å²) in [6, 6.07) is 0.281.